The molecule has 1 atom stereocenters. The Balaban J connectivity index is 1.90. The van der Waals surface area contributed by atoms with E-state index in [-0.39, 0.29) is 12.5 Å². The van der Waals surface area contributed by atoms with Crippen LogP contribution in [0.3, 0.4) is 0 Å². The summed E-state index contributed by atoms with van der Waals surface area (Å²) in [4.78, 5) is 14.1. The second kappa shape index (κ2) is 6.97. The van der Waals surface area contributed by atoms with Crippen molar-refractivity contribution in [3.63, 3.8) is 0 Å². The summed E-state index contributed by atoms with van der Waals surface area (Å²) in [6, 6.07) is 6.10. The molecule has 0 aromatic heterocycles. The molecule has 0 spiro atoms. The Labute approximate surface area is 128 Å². The third kappa shape index (κ3) is 4.23. The highest BCUT2D eigenvalue weighted by Crippen LogP contribution is 2.23. The molecule has 0 radical (unpaired) electrons. The lowest BCUT2D eigenvalue weighted by Crippen LogP contribution is -2.41. The quantitative estimate of drug-likeness (QED) is 0.844. The minimum Gasteiger partial charge on any atom is -0.484 e. The second-order valence-corrected chi connectivity index (χ2v) is 6.55. The van der Waals surface area contributed by atoms with E-state index in [9.17, 15) is 4.79 Å². The van der Waals surface area contributed by atoms with E-state index < -0.39 is 0 Å². The van der Waals surface area contributed by atoms with Crippen LogP contribution >= 0.6 is 0 Å². The molecule has 2 rings (SSSR count). The van der Waals surface area contributed by atoms with E-state index in [1.54, 1.807) is 0 Å². The van der Waals surface area contributed by atoms with Gasteiger partial charge in [-0.25, -0.2) is 0 Å². The number of amides is 1. The monoisotopic (exact) mass is 289 g/mol. The van der Waals surface area contributed by atoms with Crippen LogP contribution in [0.5, 0.6) is 5.75 Å². The van der Waals surface area contributed by atoms with Crippen LogP contribution in [0, 0.1) is 12.8 Å². The maximum Gasteiger partial charge on any atom is 0.260 e. The molecular weight excluding hydrogens is 262 g/mol. The molecule has 0 bridgehead atoms. The van der Waals surface area contributed by atoms with Crippen LogP contribution in [0.25, 0.3) is 0 Å². The van der Waals surface area contributed by atoms with E-state index in [1.807, 2.05) is 17.0 Å². The number of hydrogen-bond acceptors (Lipinski definition) is 2. The molecule has 1 aromatic carbocycles. The minimum atomic E-state index is 0.104. The Bertz CT molecular complexity index is 496. The maximum atomic E-state index is 12.2. The van der Waals surface area contributed by atoms with Crippen LogP contribution in [0.1, 0.15) is 50.7 Å². The summed E-state index contributed by atoms with van der Waals surface area (Å²) in [5, 5.41) is 0. The summed E-state index contributed by atoms with van der Waals surface area (Å²) in [5.41, 5.74) is 2.56. The number of likely N-dealkylation sites (tertiary alicyclic amines) is 1. The molecule has 1 aromatic rings. The molecule has 1 amide bonds. The molecular formula is C18H27NO2. The molecule has 1 aliphatic rings. The average Bonchev–Trinajstić information content (AvgIpc) is 2.44. The fourth-order valence-electron chi connectivity index (χ4n) is 3.04. The van der Waals surface area contributed by atoms with Crippen molar-refractivity contribution in [3.05, 3.63) is 29.3 Å². The van der Waals surface area contributed by atoms with Gasteiger partial charge in [-0.05, 0) is 54.9 Å². The normalized spacial score (nSPS) is 18.9. The predicted molar refractivity (Wildman–Crippen MR) is 85.7 cm³/mol. The number of carbonyl (C=O) groups is 1. The Morgan fingerprint density at radius 1 is 1.43 bits per heavy atom. The fourth-order valence-corrected chi connectivity index (χ4v) is 3.04. The molecule has 1 heterocycles. The zero-order chi connectivity index (χ0) is 15.4. The molecule has 1 unspecified atom stereocenters. The topological polar surface area (TPSA) is 29.5 Å². The van der Waals surface area contributed by atoms with Gasteiger partial charge in [-0.3, -0.25) is 4.79 Å². The van der Waals surface area contributed by atoms with Crippen LogP contribution in [0.4, 0.5) is 0 Å². The number of carbonyl (C=O) groups excluding carboxylic acids is 1. The van der Waals surface area contributed by atoms with E-state index in [2.05, 4.69) is 33.8 Å². The minimum absolute atomic E-state index is 0.104. The van der Waals surface area contributed by atoms with E-state index in [0.717, 1.165) is 25.3 Å². The van der Waals surface area contributed by atoms with E-state index >= 15 is 0 Å². The fraction of sp³-hybridized carbons (Fsp3) is 0.611. The summed E-state index contributed by atoms with van der Waals surface area (Å²) in [6.45, 7) is 10.6. The highest BCUT2D eigenvalue weighted by Gasteiger charge is 2.21. The smallest absolute Gasteiger partial charge is 0.260 e. The van der Waals surface area contributed by atoms with Crippen molar-refractivity contribution in [1.29, 1.82) is 0 Å². The molecule has 0 saturated carbocycles. The standard InChI is InChI=1S/C18H27NO2/c1-13(2)17-8-7-16(10-15(17)4)21-12-18(20)19-9-5-6-14(3)11-19/h7-8,10,13-14H,5-6,9,11-12H2,1-4H3. The van der Waals surface area contributed by atoms with Gasteiger partial charge in [0.1, 0.15) is 5.75 Å². The molecule has 3 heteroatoms. The SMILES string of the molecule is Cc1cc(OCC(=O)N2CCCC(C)C2)ccc1C(C)C. The zero-order valence-corrected chi connectivity index (χ0v) is 13.7. The Kier molecular flexibility index (Phi) is 5.27. The van der Waals surface area contributed by atoms with Crippen LogP contribution in [0.2, 0.25) is 0 Å². The van der Waals surface area contributed by atoms with E-state index in [4.69, 9.17) is 4.74 Å². The summed E-state index contributed by atoms with van der Waals surface area (Å²) in [7, 11) is 0. The van der Waals surface area contributed by atoms with Crippen LogP contribution in [0.15, 0.2) is 18.2 Å². The highest BCUT2D eigenvalue weighted by molar-refractivity contribution is 5.77. The first kappa shape index (κ1) is 15.9. The average molecular weight is 289 g/mol. The first-order valence-corrected chi connectivity index (χ1v) is 7.98. The molecule has 1 aliphatic heterocycles. The highest BCUT2D eigenvalue weighted by atomic mass is 16.5. The number of hydrogen-bond donors (Lipinski definition) is 0. The van der Waals surface area contributed by atoms with Gasteiger partial charge in [-0.1, -0.05) is 26.8 Å². The number of aryl methyl sites for hydroxylation is 1. The van der Waals surface area contributed by atoms with Gasteiger partial charge in [-0.15, -0.1) is 0 Å². The van der Waals surface area contributed by atoms with Gasteiger partial charge in [0, 0.05) is 13.1 Å². The molecule has 0 N–H and O–H groups in total. The summed E-state index contributed by atoms with van der Waals surface area (Å²) in [6.07, 6.45) is 2.33. The molecule has 1 fully saturated rings. The van der Waals surface area contributed by atoms with Crippen molar-refractivity contribution in [2.45, 2.75) is 46.5 Å². The maximum absolute atomic E-state index is 12.2. The molecule has 1 saturated heterocycles. The van der Waals surface area contributed by atoms with Gasteiger partial charge in [-0.2, -0.15) is 0 Å². The predicted octanol–water partition coefficient (Wildman–Crippen LogP) is 3.76. The summed E-state index contributed by atoms with van der Waals surface area (Å²) >= 11 is 0. The van der Waals surface area contributed by atoms with Crippen molar-refractivity contribution < 1.29 is 9.53 Å². The van der Waals surface area contributed by atoms with Gasteiger partial charge in [0.15, 0.2) is 6.61 Å². The lowest BCUT2D eigenvalue weighted by molar-refractivity contribution is -0.135. The van der Waals surface area contributed by atoms with Crippen molar-refractivity contribution in [1.82, 2.24) is 4.90 Å². The van der Waals surface area contributed by atoms with Crippen LogP contribution in [-0.2, 0) is 4.79 Å². The Morgan fingerprint density at radius 2 is 2.19 bits per heavy atom. The van der Waals surface area contributed by atoms with Crippen molar-refractivity contribution in [2.24, 2.45) is 5.92 Å². The van der Waals surface area contributed by atoms with Gasteiger partial charge < -0.3 is 9.64 Å². The number of rotatable bonds is 4. The summed E-state index contributed by atoms with van der Waals surface area (Å²) < 4.78 is 5.68. The lowest BCUT2D eigenvalue weighted by atomic mass is 9.98. The largest absolute Gasteiger partial charge is 0.484 e. The Hall–Kier alpha value is -1.51. The number of benzene rings is 1. The number of ether oxygens (including phenoxy) is 1. The van der Waals surface area contributed by atoms with Gasteiger partial charge in [0.2, 0.25) is 0 Å². The first-order chi connectivity index (χ1) is 9.97. The van der Waals surface area contributed by atoms with Crippen molar-refractivity contribution in [2.75, 3.05) is 19.7 Å². The molecule has 116 valence electrons. The molecule has 21 heavy (non-hydrogen) atoms. The van der Waals surface area contributed by atoms with Crippen LogP contribution in [-0.4, -0.2) is 30.5 Å². The first-order valence-electron chi connectivity index (χ1n) is 7.98. The lowest BCUT2D eigenvalue weighted by Gasteiger charge is -2.30. The van der Waals surface area contributed by atoms with Crippen molar-refractivity contribution >= 4 is 5.91 Å². The zero-order valence-electron chi connectivity index (χ0n) is 13.7. The third-order valence-corrected chi connectivity index (χ3v) is 4.24. The van der Waals surface area contributed by atoms with Crippen molar-refractivity contribution in [3.8, 4) is 5.75 Å². The summed E-state index contributed by atoms with van der Waals surface area (Å²) in [5.74, 6) is 2.01. The van der Waals surface area contributed by atoms with Crippen LogP contribution < -0.4 is 4.74 Å². The third-order valence-electron chi connectivity index (χ3n) is 4.24. The number of piperidine rings is 1. The molecule has 3 nitrogen and oxygen atoms in total. The van der Waals surface area contributed by atoms with E-state index in [1.165, 1.54) is 17.5 Å². The van der Waals surface area contributed by atoms with Gasteiger partial charge in [0.05, 0.1) is 0 Å². The van der Waals surface area contributed by atoms with E-state index in [0.29, 0.717) is 11.8 Å². The second-order valence-electron chi connectivity index (χ2n) is 6.55. The number of nitrogens with zero attached hydrogens (tertiary/aromatic N) is 1. The Morgan fingerprint density at radius 3 is 2.81 bits per heavy atom. The van der Waals surface area contributed by atoms with Gasteiger partial charge >= 0.3 is 0 Å². The van der Waals surface area contributed by atoms with Gasteiger partial charge in [0.25, 0.3) is 5.91 Å². The molecule has 0 aliphatic carbocycles.